The largest absolute Gasteiger partial charge is 0.481 e. The maximum Gasteiger partial charge on any atom is 0.307 e. The molecule has 0 spiro atoms. The Bertz CT molecular complexity index is 378. The third-order valence-electron chi connectivity index (χ3n) is 3.77. The standard InChI is InChI=1S/C14H22N2O4/c1-20-10-9-16(8-4-7-15)13(17)11-5-2-3-6-12(11)14(18)19/h11-12H,2-6,8-10H2,1H3,(H,18,19)/t11-,12+/m1/s1. The summed E-state index contributed by atoms with van der Waals surface area (Å²) < 4.78 is 4.97. The molecular weight excluding hydrogens is 260 g/mol. The van der Waals surface area contributed by atoms with Crippen LogP contribution in [0.1, 0.15) is 32.1 Å². The van der Waals surface area contributed by atoms with Gasteiger partial charge in [0.2, 0.25) is 5.91 Å². The number of carboxylic acids is 1. The molecule has 0 aliphatic heterocycles. The van der Waals surface area contributed by atoms with Gasteiger partial charge in [-0.05, 0) is 12.8 Å². The molecule has 1 N–H and O–H groups in total. The molecule has 0 aromatic heterocycles. The van der Waals surface area contributed by atoms with Crippen LogP contribution in [0.2, 0.25) is 0 Å². The quantitative estimate of drug-likeness (QED) is 0.759. The van der Waals surface area contributed by atoms with Crippen LogP contribution >= 0.6 is 0 Å². The SMILES string of the molecule is COCCN(CCC#N)C(=O)[C@@H]1CCCC[C@@H]1C(=O)O. The van der Waals surface area contributed by atoms with Crippen LogP contribution in [0.4, 0.5) is 0 Å². The highest BCUT2D eigenvalue weighted by Crippen LogP contribution is 2.31. The van der Waals surface area contributed by atoms with Gasteiger partial charge in [-0.3, -0.25) is 9.59 Å². The molecule has 1 amide bonds. The van der Waals surface area contributed by atoms with Gasteiger partial charge in [-0.15, -0.1) is 0 Å². The van der Waals surface area contributed by atoms with Crippen LogP contribution in [0.3, 0.4) is 0 Å². The van der Waals surface area contributed by atoms with Crippen molar-refractivity contribution in [2.24, 2.45) is 11.8 Å². The first-order chi connectivity index (χ1) is 9.61. The highest BCUT2D eigenvalue weighted by molar-refractivity contribution is 5.85. The van der Waals surface area contributed by atoms with Gasteiger partial charge in [0.05, 0.1) is 30.9 Å². The molecule has 1 saturated carbocycles. The summed E-state index contributed by atoms with van der Waals surface area (Å²) in [5.41, 5.74) is 0. The van der Waals surface area contributed by atoms with E-state index in [0.29, 0.717) is 32.5 Å². The van der Waals surface area contributed by atoms with E-state index in [-0.39, 0.29) is 12.3 Å². The Labute approximate surface area is 119 Å². The number of nitrogens with zero attached hydrogens (tertiary/aromatic N) is 2. The van der Waals surface area contributed by atoms with Gasteiger partial charge in [0.1, 0.15) is 0 Å². The number of carbonyl (C=O) groups excluding carboxylic acids is 1. The molecule has 0 unspecified atom stereocenters. The van der Waals surface area contributed by atoms with Crippen LogP contribution in [-0.2, 0) is 14.3 Å². The summed E-state index contributed by atoms with van der Waals surface area (Å²) in [5, 5.41) is 17.9. The average molecular weight is 282 g/mol. The minimum absolute atomic E-state index is 0.149. The van der Waals surface area contributed by atoms with Gasteiger partial charge in [-0.1, -0.05) is 12.8 Å². The minimum atomic E-state index is -0.893. The van der Waals surface area contributed by atoms with Gasteiger partial charge < -0.3 is 14.7 Å². The number of carboxylic acid groups (broad SMARTS) is 1. The predicted molar refractivity (Wildman–Crippen MR) is 71.8 cm³/mol. The smallest absolute Gasteiger partial charge is 0.307 e. The second-order valence-electron chi connectivity index (χ2n) is 5.06. The third-order valence-corrected chi connectivity index (χ3v) is 3.77. The maximum atomic E-state index is 12.5. The van der Waals surface area contributed by atoms with Crippen LogP contribution in [0.25, 0.3) is 0 Å². The Kier molecular flexibility index (Phi) is 7.02. The topological polar surface area (TPSA) is 90.6 Å². The van der Waals surface area contributed by atoms with Crippen LogP contribution in [-0.4, -0.2) is 48.7 Å². The zero-order valence-corrected chi connectivity index (χ0v) is 11.9. The lowest BCUT2D eigenvalue weighted by atomic mass is 9.78. The fraction of sp³-hybridized carbons (Fsp3) is 0.786. The van der Waals surface area contributed by atoms with Crippen molar-refractivity contribution < 1.29 is 19.4 Å². The van der Waals surface area contributed by atoms with Gasteiger partial charge >= 0.3 is 5.97 Å². The van der Waals surface area contributed by atoms with Gasteiger partial charge in [0, 0.05) is 20.2 Å². The van der Waals surface area contributed by atoms with Crippen LogP contribution in [0, 0.1) is 23.2 Å². The molecule has 6 nitrogen and oxygen atoms in total. The first-order valence-electron chi connectivity index (χ1n) is 6.99. The molecule has 6 heteroatoms. The summed E-state index contributed by atoms with van der Waals surface area (Å²) >= 11 is 0. The van der Waals surface area contributed by atoms with Crippen molar-refractivity contribution in [3.05, 3.63) is 0 Å². The summed E-state index contributed by atoms with van der Waals surface area (Å²) in [6.07, 6.45) is 3.17. The van der Waals surface area contributed by atoms with Crippen molar-refractivity contribution in [3.8, 4) is 6.07 Å². The Morgan fingerprint density at radius 3 is 2.50 bits per heavy atom. The number of hydrogen-bond acceptors (Lipinski definition) is 4. The molecule has 0 heterocycles. The van der Waals surface area contributed by atoms with Gasteiger partial charge in [0.15, 0.2) is 0 Å². The lowest BCUT2D eigenvalue weighted by Crippen LogP contribution is -2.44. The molecule has 0 saturated heterocycles. The van der Waals surface area contributed by atoms with Gasteiger partial charge in [-0.25, -0.2) is 0 Å². The molecule has 20 heavy (non-hydrogen) atoms. The molecular formula is C14H22N2O4. The molecule has 1 fully saturated rings. The number of methoxy groups -OCH3 is 1. The first kappa shape index (κ1) is 16.4. The third kappa shape index (κ3) is 4.49. The molecule has 0 aromatic carbocycles. The van der Waals surface area contributed by atoms with Crippen LogP contribution in [0.5, 0.6) is 0 Å². The fourth-order valence-electron chi connectivity index (χ4n) is 2.68. The number of carbonyl (C=O) groups is 2. The maximum absolute atomic E-state index is 12.5. The van der Waals surface area contributed by atoms with Crippen molar-refractivity contribution in [3.63, 3.8) is 0 Å². The zero-order valence-electron chi connectivity index (χ0n) is 11.9. The van der Waals surface area contributed by atoms with E-state index in [2.05, 4.69) is 0 Å². The summed E-state index contributed by atoms with van der Waals surface area (Å²) in [7, 11) is 1.55. The summed E-state index contributed by atoms with van der Waals surface area (Å²) in [6, 6.07) is 2.02. The van der Waals surface area contributed by atoms with Crippen molar-refractivity contribution in [2.45, 2.75) is 32.1 Å². The highest BCUT2D eigenvalue weighted by Gasteiger charge is 2.37. The van der Waals surface area contributed by atoms with E-state index in [1.165, 1.54) is 0 Å². The Hall–Kier alpha value is -1.61. The number of nitriles is 1. The number of ether oxygens (including phenoxy) is 1. The van der Waals surface area contributed by atoms with E-state index in [1.807, 2.05) is 6.07 Å². The molecule has 2 atom stereocenters. The van der Waals surface area contributed by atoms with E-state index < -0.39 is 17.8 Å². The van der Waals surface area contributed by atoms with Crippen LogP contribution in [0.15, 0.2) is 0 Å². The fourth-order valence-corrected chi connectivity index (χ4v) is 2.68. The molecule has 0 radical (unpaired) electrons. The van der Waals surface area contributed by atoms with Crippen molar-refractivity contribution >= 4 is 11.9 Å². The summed E-state index contributed by atoms with van der Waals surface area (Å²) in [6.45, 7) is 1.13. The molecule has 112 valence electrons. The van der Waals surface area contributed by atoms with E-state index in [1.54, 1.807) is 12.0 Å². The molecule has 0 bridgehead atoms. The van der Waals surface area contributed by atoms with Gasteiger partial charge in [0.25, 0.3) is 0 Å². The van der Waals surface area contributed by atoms with Gasteiger partial charge in [-0.2, -0.15) is 5.26 Å². The summed E-state index contributed by atoms with van der Waals surface area (Å²) in [4.78, 5) is 25.4. The van der Waals surface area contributed by atoms with Crippen molar-refractivity contribution in [1.82, 2.24) is 4.90 Å². The molecule has 1 aliphatic carbocycles. The van der Waals surface area contributed by atoms with E-state index >= 15 is 0 Å². The average Bonchev–Trinajstić information content (AvgIpc) is 2.46. The van der Waals surface area contributed by atoms with E-state index in [4.69, 9.17) is 10.00 Å². The first-order valence-corrected chi connectivity index (χ1v) is 6.99. The summed E-state index contributed by atoms with van der Waals surface area (Å²) in [5.74, 6) is -2.10. The lowest BCUT2D eigenvalue weighted by Gasteiger charge is -2.32. The Morgan fingerprint density at radius 1 is 1.30 bits per heavy atom. The highest BCUT2D eigenvalue weighted by atomic mass is 16.5. The monoisotopic (exact) mass is 282 g/mol. The molecule has 0 aromatic rings. The lowest BCUT2D eigenvalue weighted by molar-refractivity contribution is -0.152. The number of rotatable bonds is 7. The van der Waals surface area contributed by atoms with Crippen molar-refractivity contribution in [1.29, 1.82) is 5.26 Å². The number of hydrogen-bond donors (Lipinski definition) is 1. The van der Waals surface area contributed by atoms with Crippen LogP contribution < -0.4 is 0 Å². The molecule has 1 aliphatic rings. The predicted octanol–water partition coefficient (Wildman–Crippen LogP) is 1.27. The number of aliphatic carboxylic acids is 1. The number of amides is 1. The Balaban J connectivity index is 2.74. The second kappa shape index (κ2) is 8.54. The second-order valence-corrected chi connectivity index (χ2v) is 5.06. The zero-order chi connectivity index (χ0) is 15.0. The molecule has 1 rings (SSSR count). The van der Waals surface area contributed by atoms with E-state index in [9.17, 15) is 14.7 Å². The van der Waals surface area contributed by atoms with Crippen molar-refractivity contribution in [2.75, 3.05) is 26.8 Å². The Morgan fingerprint density at radius 2 is 1.95 bits per heavy atom. The minimum Gasteiger partial charge on any atom is -0.481 e. The van der Waals surface area contributed by atoms with E-state index in [0.717, 1.165) is 12.8 Å². The normalized spacial score (nSPS) is 22.0.